The van der Waals surface area contributed by atoms with Crippen LogP contribution in [0.1, 0.15) is 5.56 Å². The minimum absolute atomic E-state index is 0.0809. The van der Waals surface area contributed by atoms with Crippen molar-refractivity contribution in [3.8, 4) is 0 Å². The Labute approximate surface area is 183 Å². The number of rotatable bonds is 8. The number of anilines is 3. The molecule has 0 aliphatic carbocycles. The highest BCUT2D eigenvalue weighted by molar-refractivity contribution is 5.74. The van der Waals surface area contributed by atoms with Crippen LogP contribution in [0.5, 0.6) is 0 Å². The second kappa shape index (κ2) is 9.85. The number of nitrogens with one attached hydrogen (secondary N) is 2. The first-order chi connectivity index (χ1) is 15.7. The Bertz CT molecular complexity index is 1220. The van der Waals surface area contributed by atoms with Gasteiger partial charge in [-0.1, -0.05) is 24.3 Å². The van der Waals surface area contributed by atoms with Crippen LogP contribution in [0.25, 0.3) is 0 Å². The van der Waals surface area contributed by atoms with Gasteiger partial charge in [0.25, 0.3) is 0 Å². The van der Waals surface area contributed by atoms with Crippen LogP contribution >= 0.6 is 0 Å². The van der Waals surface area contributed by atoms with E-state index in [1.165, 1.54) is 6.33 Å². The minimum Gasteiger partial charge on any atom is -0.360 e. The van der Waals surface area contributed by atoms with Gasteiger partial charge in [-0.3, -0.25) is 15.1 Å². The first-order valence-corrected chi connectivity index (χ1v) is 9.65. The summed E-state index contributed by atoms with van der Waals surface area (Å²) >= 11 is 0. The van der Waals surface area contributed by atoms with Crippen LogP contribution in [-0.2, 0) is 6.54 Å². The molecule has 0 aliphatic rings. The molecule has 4 aromatic rings. The Kier molecular flexibility index (Phi) is 6.32. The van der Waals surface area contributed by atoms with Gasteiger partial charge in [0.1, 0.15) is 6.33 Å². The Morgan fingerprint density at radius 1 is 0.875 bits per heavy atom. The molecule has 0 bridgehead atoms. The van der Waals surface area contributed by atoms with Crippen LogP contribution < -0.4 is 10.6 Å². The number of hydrogen-bond donors (Lipinski definition) is 2. The Hall–Kier alpha value is -4.73. The molecule has 0 spiro atoms. The lowest BCUT2D eigenvalue weighted by Gasteiger charge is -2.10. The van der Waals surface area contributed by atoms with Crippen LogP contribution in [-0.4, -0.2) is 19.9 Å². The van der Waals surface area contributed by atoms with E-state index >= 15 is 0 Å². The fourth-order valence-electron chi connectivity index (χ4n) is 2.82. The summed E-state index contributed by atoms with van der Waals surface area (Å²) in [5.74, 6) is 0.196. The summed E-state index contributed by atoms with van der Waals surface area (Å²) in [5.41, 5.74) is 2.64. The van der Waals surface area contributed by atoms with E-state index in [-0.39, 0.29) is 17.3 Å². The summed E-state index contributed by atoms with van der Waals surface area (Å²) in [7, 11) is 0. The van der Waals surface area contributed by atoms with Crippen molar-refractivity contribution in [1.29, 1.82) is 0 Å². The van der Waals surface area contributed by atoms with Crippen molar-refractivity contribution in [1.82, 2.24) is 15.0 Å². The van der Waals surface area contributed by atoms with Gasteiger partial charge < -0.3 is 10.6 Å². The van der Waals surface area contributed by atoms with E-state index in [0.29, 0.717) is 17.9 Å². The first-order valence-electron chi connectivity index (χ1n) is 9.65. The maximum absolute atomic E-state index is 11.7. The van der Waals surface area contributed by atoms with Crippen LogP contribution in [0.2, 0.25) is 0 Å². The number of hydrogen-bond acceptors (Lipinski definition) is 9. The van der Waals surface area contributed by atoms with Crippen molar-refractivity contribution in [2.45, 2.75) is 6.54 Å². The molecule has 2 N–H and O–H groups in total. The molecular formula is C22H18N8O2. The smallest absolute Gasteiger partial charge is 0.353 e. The van der Waals surface area contributed by atoms with E-state index in [2.05, 4.69) is 35.8 Å². The number of pyridine rings is 1. The standard InChI is InChI=1S/C22H18N8O2/c31-30(32)20-21(24-14-16-5-4-12-23-13-16)25-15-26-22(20)27-17-8-10-19(11-9-17)29-28-18-6-2-1-3-7-18/h1-13,15H,14H2,(H2,24,25,26,27). The van der Waals surface area contributed by atoms with Gasteiger partial charge in [-0.2, -0.15) is 10.2 Å². The molecule has 0 saturated heterocycles. The van der Waals surface area contributed by atoms with Crippen LogP contribution in [0.3, 0.4) is 0 Å². The van der Waals surface area contributed by atoms with Gasteiger partial charge in [-0.15, -0.1) is 0 Å². The summed E-state index contributed by atoms with van der Waals surface area (Å²) in [6.07, 6.45) is 4.60. The topological polar surface area (TPSA) is 131 Å². The Balaban J connectivity index is 1.49. The third-order valence-electron chi connectivity index (χ3n) is 4.35. The molecule has 10 nitrogen and oxygen atoms in total. The molecular weight excluding hydrogens is 408 g/mol. The first kappa shape index (κ1) is 20.5. The lowest BCUT2D eigenvalue weighted by Crippen LogP contribution is -2.08. The van der Waals surface area contributed by atoms with Crippen molar-refractivity contribution >= 4 is 34.4 Å². The van der Waals surface area contributed by atoms with Gasteiger partial charge in [-0.05, 0) is 48.0 Å². The molecule has 0 atom stereocenters. The second-order valence-corrected chi connectivity index (χ2v) is 6.60. The van der Waals surface area contributed by atoms with Gasteiger partial charge in [0.05, 0.1) is 16.3 Å². The van der Waals surface area contributed by atoms with E-state index < -0.39 is 4.92 Å². The molecule has 0 aliphatic heterocycles. The summed E-state index contributed by atoms with van der Waals surface area (Å²) in [4.78, 5) is 23.3. The maximum atomic E-state index is 11.7. The van der Waals surface area contributed by atoms with Crippen molar-refractivity contribution in [2.75, 3.05) is 10.6 Å². The Morgan fingerprint density at radius 3 is 2.28 bits per heavy atom. The van der Waals surface area contributed by atoms with Crippen LogP contribution in [0.15, 0.2) is 95.7 Å². The quantitative estimate of drug-likeness (QED) is 0.214. The van der Waals surface area contributed by atoms with Gasteiger partial charge in [0.15, 0.2) is 0 Å². The highest BCUT2D eigenvalue weighted by atomic mass is 16.6. The highest BCUT2D eigenvalue weighted by Gasteiger charge is 2.23. The van der Waals surface area contributed by atoms with Crippen molar-refractivity contribution < 1.29 is 4.92 Å². The largest absolute Gasteiger partial charge is 0.360 e. The second-order valence-electron chi connectivity index (χ2n) is 6.60. The molecule has 2 aromatic heterocycles. The third kappa shape index (κ3) is 5.25. The van der Waals surface area contributed by atoms with Gasteiger partial charge in [-0.25, -0.2) is 9.97 Å². The maximum Gasteiger partial charge on any atom is 0.353 e. The van der Waals surface area contributed by atoms with E-state index in [9.17, 15) is 10.1 Å². The molecule has 32 heavy (non-hydrogen) atoms. The molecule has 0 amide bonds. The van der Waals surface area contributed by atoms with Gasteiger partial charge in [0.2, 0.25) is 11.6 Å². The minimum atomic E-state index is -0.518. The molecule has 2 aromatic carbocycles. The molecule has 0 radical (unpaired) electrons. The lowest BCUT2D eigenvalue weighted by atomic mass is 10.2. The molecule has 0 fully saturated rings. The summed E-state index contributed by atoms with van der Waals surface area (Å²) < 4.78 is 0. The molecule has 0 saturated carbocycles. The molecule has 4 rings (SSSR count). The van der Waals surface area contributed by atoms with Gasteiger partial charge in [0, 0.05) is 24.6 Å². The van der Waals surface area contributed by atoms with Crippen molar-refractivity contribution in [3.05, 3.63) is 101 Å². The van der Waals surface area contributed by atoms with Crippen LogP contribution in [0, 0.1) is 10.1 Å². The SMILES string of the molecule is O=[N+]([O-])c1c(NCc2cccnc2)ncnc1Nc1ccc(N=Nc2ccccc2)cc1. The van der Waals surface area contributed by atoms with Crippen molar-refractivity contribution in [3.63, 3.8) is 0 Å². The zero-order valence-electron chi connectivity index (χ0n) is 16.8. The van der Waals surface area contributed by atoms with E-state index in [0.717, 1.165) is 11.3 Å². The summed E-state index contributed by atoms with van der Waals surface area (Å²) in [6.45, 7) is 0.340. The predicted molar refractivity (Wildman–Crippen MR) is 121 cm³/mol. The Morgan fingerprint density at radius 2 is 1.59 bits per heavy atom. The number of benzene rings is 2. The van der Waals surface area contributed by atoms with Gasteiger partial charge >= 0.3 is 5.69 Å². The highest BCUT2D eigenvalue weighted by Crippen LogP contribution is 2.32. The molecule has 158 valence electrons. The predicted octanol–water partition coefficient (Wildman–Crippen LogP) is 5.55. The summed E-state index contributed by atoms with van der Waals surface area (Å²) in [5, 5.41) is 26.0. The van der Waals surface area contributed by atoms with Crippen LogP contribution in [0.4, 0.5) is 34.4 Å². The fourth-order valence-corrected chi connectivity index (χ4v) is 2.82. The van der Waals surface area contributed by atoms with E-state index in [1.807, 2.05) is 36.4 Å². The number of azo groups is 1. The third-order valence-corrected chi connectivity index (χ3v) is 4.35. The normalized spacial score (nSPS) is 10.8. The lowest BCUT2D eigenvalue weighted by molar-refractivity contribution is -0.383. The number of nitro groups is 1. The average Bonchev–Trinajstić information content (AvgIpc) is 2.83. The van der Waals surface area contributed by atoms with Crippen molar-refractivity contribution in [2.24, 2.45) is 10.2 Å². The monoisotopic (exact) mass is 426 g/mol. The number of aromatic nitrogens is 3. The zero-order valence-corrected chi connectivity index (χ0v) is 16.8. The molecule has 0 unspecified atom stereocenters. The average molecular weight is 426 g/mol. The molecule has 10 heteroatoms. The molecule has 2 heterocycles. The summed E-state index contributed by atoms with van der Waals surface area (Å²) in [6, 6.07) is 20.0. The number of nitrogens with zero attached hydrogens (tertiary/aromatic N) is 6. The zero-order chi connectivity index (χ0) is 22.2. The van der Waals surface area contributed by atoms with E-state index in [1.54, 1.807) is 42.7 Å². The van der Waals surface area contributed by atoms with E-state index in [4.69, 9.17) is 0 Å². The fraction of sp³-hybridized carbons (Fsp3) is 0.0455.